The largest absolute Gasteiger partial charge is 0.475 e. The van der Waals surface area contributed by atoms with E-state index >= 15 is 0 Å². The molecule has 0 aliphatic heterocycles. The first-order valence-electron chi connectivity index (χ1n) is 6.63. The van der Waals surface area contributed by atoms with Crippen LogP contribution in [0.3, 0.4) is 0 Å². The molecule has 0 bridgehead atoms. The Labute approximate surface area is 121 Å². The number of fused-ring (bicyclic) bond motifs is 1. The molecule has 0 amide bonds. The van der Waals surface area contributed by atoms with E-state index < -0.39 is 0 Å². The van der Waals surface area contributed by atoms with Gasteiger partial charge in [-0.25, -0.2) is 4.98 Å². The summed E-state index contributed by atoms with van der Waals surface area (Å²) in [4.78, 5) is 4.34. The fraction of sp³-hybridized carbons (Fsp3) is 0.400. The molecule has 1 aliphatic carbocycles. The van der Waals surface area contributed by atoms with E-state index in [2.05, 4.69) is 20.9 Å². The van der Waals surface area contributed by atoms with E-state index in [1.165, 1.54) is 12.8 Å². The van der Waals surface area contributed by atoms with Crippen molar-refractivity contribution in [3.63, 3.8) is 0 Å². The van der Waals surface area contributed by atoms with E-state index in [0.29, 0.717) is 12.5 Å². The molecule has 3 rings (SSSR count). The fourth-order valence-electron chi connectivity index (χ4n) is 2.69. The van der Waals surface area contributed by atoms with Gasteiger partial charge >= 0.3 is 0 Å². The molecule has 1 fully saturated rings. The third-order valence-corrected chi connectivity index (χ3v) is 4.50. The van der Waals surface area contributed by atoms with Crippen molar-refractivity contribution in [1.29, 1.82) is 0 Å². The molecule has 0 unspecified atom stereocenters. The van der Waals surface area contributed by atoms with Crippen molar-refractivity contribution < 1.29 is 4.74 Å². The minimum atomic E-state index is -0.171. The molecule has 100 valence electrons. The smallest absolute Gasteiger partial charge is 0.221 e. The van der Waals surface area contributed by atoms with E-state index in [1.807, 2.05) is 24.3 Å². The fourth-order valence-corrected chi connectivity index (χ4v) is 3.19. The predicted molar refractivity (Wildman–Crippen MR) is 80.3 cm³/mol. The van der Waals surface area contributed by atoms with E-state index in [4.69, 9.17) is 10.5 Å². The summed E-state index contributed by atoms with van der Waals surface area (Å²) < 4.78 is 6.96. The van der Waals surface area contributed by atoms with Gasteiger partial charge in [-0.3, -0.25) is 0 Å². The Kier molecular flexibility index (Phi) is 3.46. The van der Waals surface area contributed by atoms with Crippen LogP contribution in [0, 0.1) is 0 Å². The average molecular weight is 321 g/mol. The number of hydrogen-bond donors (Lipinski definition) is 1. The van der Waals surface area contributed by atoms with Crippen LogP contribution in [-0.2, 0) is 0 Å². The highest BCUT2D eigenvalue weighted by Gasteiger charge is 2.30. The van der Waals surface area contributed by atoms with Crippen LogP contribution in [0.2, 0.25) is 0 Å². The predicted octanol–water partition coefficient (Wildman–Crippen LogP) is 3.65. The Balaban J connectivity index is 1.87. The van der Waals surface area contributed by atoms with Gasteiger partial charge in [0, 0.05) is 21.4 Å². The second kappa shape index (κ2) is 5.10. The van der Waals surface area contributed by atoms with Crippen LogP contribution in [0.1, 0.15) is 25.7 Å². The van der Waals surface area contributed by atoms with Crippen molar-refractivity contribution in [2.75, 3.05) is 6.61 Å². The minimum absolute atomic E-state index is 0.171. The lowest BCUT2D eigenvalue weighted by Gasteiger charge is -2.23. The first-order valence-corrected chi connectivity index (χ1v) is 7.42. The maximum Gasteiger partial charge on any atom is 0.221 e. The van der Waals surface area contributed by atoms with Gasteiger partial charge in [-0.15, -0.1) is 0 Å². The van der Waals surface area contributed by atoms with Gasteiger partial charge in [0.2, 0.25) is 5.88 Å². The number of halogens is 1. The molecule has 0 saturated heterocycles. The van der Waals surface area contributed by atoms with Crippen LogP contribution in [0.5, 0.6) is 5.88 Å². The molecule has 1 heterocycles. The van der Waals surface area contributed by atoms with Crippen LogP contribution in [-0.4, -0.2) is 17.1 Å². The summed E-state index contributed by atoms with van der Waals surface area (Å²) >= 11 is 3.55. The zero-order valence-corrected chi connectivity index (χ0v) is 12.3. The van der Waals surface area contributed by atoms with Gasteiger partial charge in [-0.2, -0.15) is 0 Å². The number of ether oxygens (including phenoxy) is 1. The third kappa shape index (κ3) is 2.60. The number of nitrogens with zero attached hydrogens (tertiary/aromatic N) is 1. The Morgan fingerprint density at radius 3 is 2.79 bits per heavy atom. The van der Waals surface area contributed by atoms with Crippen molar-refractivity contribution in [2.45, 2.75) is 31.2 Å². The molecule has 19 heavy (non-hydrogen) atoms. The van der Waals surface area contributed by atoms with E-state index in [1.54, 1.807) is 6.20 Å². The van der Waals surface area contributed by atoms with Crippen molar-refractivity contribution >= 4 is 26.7 Å². The summed E-state index contributed by atoms with van der Waals surface area (Å²) in [6.07, 6.45) is 6.27. The van der Waals surface area contributed by atoms with Crippen LogP contribution < -0.4 is 10.5 Å². The monoisotopic (exact) mass is 320 g/mol. The Hall–Kier alpha value is -1.13. The second-order valence-corrected chi connectivity index (χ2v) is 6.16. The Morgan fingerprint density at radius 2 is 2.00 bits per heavy atom. The molecule has 0 spiro atoms. The Morgan fingerprint density at radius 1 is 1.21 bits per heavy atom. The molecule has 3 nitrogen and oxygen atoms in total. The van der Waals surface area contributed by atoms with E-state index in [0.717, 1.165) is 28.1 Å². The molecule has 0 radical (unpaired) electrons. The highest BCUT2D eigenvalue weighted by atomic mass is 79.9. The van der Waals surface area contributed by atoms with Crippen LogP contribution in [0.25, 0.3) is 10.8 Å². The van der Waals surface area contributed by atoms with Crippen molar-refractivity contribution in [1.82, 2.24) is 4.98 Å². The molecule has 0 atom stereocenters. The topological polar surface area (TPSA) is 48.1 Å². The molecule has 1 aromatic heterocycles. The van der Waals surface area contributed by atoms with Gasteiger partial charge in [0.05, 0.1) is 5.54 Å². The molecule has 1 aromatic carbocycles. The van der Waals surface area contributed by atoms with Gasteiger partial charge in [0.1, 0.15) is 6.61 Å². The molecule has 4 heteroatoms. The number of pyridine rings is 1. The van der Waals surface area contributed by atoms with Crippen LogP contribution in [0.15, 0.2) is 34.9 Å². The normalized spacial score (nSPS) is 17.8. The first kappa shape index (κ1) is 12.9. The average Bonchev–Trinajstić information content (AvgIpc) is 2.84. The molecular weight excluding hydrogens is 304 g/mol. The van der Waals surface area contributed by atoms with Crippen molar-refractivity contribution in [3.8, 4) is 5.88 Å². The third-order valence-electron chi connectivity index (χ3n) is 3.81. The van der Waals surface area contributed by atoms with E-state index in [-0.39, 0.29) is 5.54 Å². The summed E-state index contributed by atoms with van der Waals surface area (Å²) in [6, 6.07) is 8.03. The van der Waals surface area contributed by atoms with Gasteiger partial charge < -0.3 is 10.5 Å². The van der Waals surface area contributed by atoms with Crippen molar-refractivity contribution in [3.05, 3.63) is 34.9 Å². The quantitative estimate of drug-likeness (QED) is 0.939. The lowest BCUT2D eigenvalue weighted by atomic mass is 10.0. The lowest BCUT2D eigenvalue weighted by molar-refractivity contribution is 0.216. The highest BCUT2D eigenvalue weighted by molar-refractivity contribution is 9.10. The number of rotatable bonds is 3. The number of benzene rings is 1. The summed E-state index contributed by atoms with van der Waals surface area (Å²) in [5, 5.41) is 2.14. The molecule has 1 aliphatic rings. The second-order valence-electron chi connectivity index (χ2n) is 5.31. The summed E-state index contributed by atoms with van der Waals surface area (Å²) in [7, 11) is 0. The SMILES string of the molecule is NC1(COc2nccc3c(Br)cccc23)CCCC1. The lowest BCUT2D eigenvalue weighted by Crippen LogP contribution is -2.42. The maximum absolute atomic E-state index is 6.32. The van der Waals surface area contributed by atoms with Gasteiger partial charge in [0.15, 0.2) is 0 Å². The number of aromatic nitrogens is 1. The molecule has 2 aromatic rings. The van der Waals surface area contributed by atoms with Crippen LogP contribution >= 0.6 is 15.9 Å². The summed E-state index contributed by atoms with van der Waals surface area (Å²) in [6.45, 7) is 0.547. The molecule has 1 saturated carbocycles. The highest BCUT2D eigenvalue weighted by Crippen LogP contribution is 2.31. The summed E-state index contributed by atoms with van der Waals surface area (Å²) in [5.74, 6) is 0.676. The minimum Gasteiger partial charge on any atom is -0.475 e. The zero-order chi connectivity index (χ0) is 13.3. The number of nitrogens with two attached hydrogens (primary N) is 1. The van der Waals surface area contributed by atoms with Gasteiger partial charge in [-0.1, -0.05) is 34.8 Å². The zero-order valence-electron chi connectivity index (χ0n) is 10.7. The molecular formula is C15H17BrN2O. The van der Waals surface area contributed by atoms with Crippen molar-refractivity contribution in [2.24, 2.45) is 5.73 Å². The summed E-state index contributed by atoms with van der Waals surface area (Å²) in [5.41, 5.74) is 6.15. The van der Waals surface area contributed by atoms with E-state index in [9.17, 15) is 0 Å². The maximum atomic E-state index is 6.32. The molecule has 2 N–H and O–H groups in total. The van der Waals surface area contributed by atoms with Gasteiger partial charge in [-0.05, 0) is 31.0 Å². The van der Waals surface area contributed by atoms with Gasteiger partial charge in [0.25, 0.3) is 0 Å². The number of hydrogen-bond acceptors (Lipinski definition) is 3. The van der Waals surface area contributed by atoms with Crippen LogP contribution in [0.4, 0.5) is 0 Å². The standard InChI is InChI=1S/C15H17BrN2O/c16-13-5-3-4-12-11(13)6-9-18-14(12)19-10-15(17)7-1-2-8-15/h3-6,9H,1-2,7-8,10,17H2. The Bertz CT molecular complexity index is 594. The first-order chi connectivity index (χ1) is 9.18.